The van der Waals surface area contributed by atoms with Crippen molar-refractivity contribution in [3.05, 3.63) is 87.9 Å². The first kappa shape index (κ1) is 31.4. The minimum absolute atomic E-state index is 0.0203. The number of rotatable bonds is 10. The Morgan fingerprint density at radius 1 is 1.02 bits per heavy atom. The highest BCUT2D eigenvalue weighted by atomic mass is 79.9. The molecule has 0 aliphatic carbocycles. The summed E-state index contributed by atoms with van der Waals surface area (Å²) < 4.78 is 34.7. The molecule has 2 amide bonds. The molecule has 40 heavy (non-hydrogen) atoms. The van der Waals surface area contributed by atoms with Gasteiger partial charge in [0.05, 0.1) is 17.7 Å². The van der Waals surface area contributed by atoms with Gasteiger partial charge in [0, 0.05) is 21.6 Å². The summed E-state index contributed by atoms with van der Waals surface area (Å²) in [5.41, 5.74) is 0.500. The minimum atomic E-state index is -4.20. The van der Waals surface area contributed by atoms with Crippen LogP contribution in [0, 0.1) is 0 Å². The van der Waals surface area contributed by atoms with Crippen molar-refractivity contribution in [1.29, 1.82) is 0 Å². The molecule has 0 aliphatic rings. The fraction of sp³-hybridized carbons (Fsp3) is 0.310. The fourth-order valence-corrected chi connectivity index (χ4v) is 5.89. The van der Waals surface area contributed by atoms with Gasteiger partial charge in [-0.25, -0.2) is 8.42 Å². The third-order valence-electron chi connectivity index (χ3n) is 5.95. The van der Waals surface area contributed by atoms with Crippen LogP contribution in [-0.2, 0) is 26.2 Å². The Hall–Kier alpha value is -3.08. The van der Waals surface area contributed by atoms with Crippen LogP contribution in [0.1, 0.15) is 33.3 Å². The van der Waals surface area contributed by atoms with Crippen LogP contribution < -0.4 is 14.4 Å². The average Bonchev–Trinajstić information content (AvgIpc) is 2.89. The number of halogens is 2. The molecule has 0 heterocycles. The van der Waals surface area contributed by atoms with Gasteiger partial charge in [0.25, 0.3) is 10.0 Å². The molecule has 0 fully saturated rings. The number of carbonyl (C=O) groups excluding carboxylic acids is 2. The molecular weight excluding hydrogens is 618 g/mol. The molecule has 0 unspecified atom stereocenters. The highest BCUT2D eigenvalue weighted by molar-refractivity contribution is 9.10. The van der Waals surface area contributed by atoms with Crippen molar-refractivity contribution in [3.63, 3.8) is 0 Å². The summed E-state index contributed by atoms with van der Waals surface area (Å²) in [6, 6.07) is 18.6. The summed E-state index contributed by atoms with van der Waals surface area (Å²) in [4.78, 5) is 28.5. The normalized spacial score (nSPS) is 12.4. The van der Waals surface area contributed by atoms with E-state index in [1.807, 2.05) is 45.0 Å². The van der Waals surface area contributed by atoms with Gasteiger partial charge in [-0.2, -0.15) is 0 Å². The van der Waals surface area contributed by atoms with E-state index >= 15 is 0 Å². The third kappa shape index (κ3) is 8.22. The predicted molar refractivity (Wildman–Crippen MR) is 161 cm³/mol. The summed E-state index contributed by atoms with van der Waals surface area (Å²) in [7, 11) is -2.71. The molecular formula is C29H33BrClN3O5S. The first-order valence-corrected chi connectivity index (χ1v) is 15.1. The Morgan fingerprint density at radius 3 is 2.20 bits per heavy atom. The largest absolute Gasteiger partial charge is 0.497 e. The van der Waals surface area contributed by atoms with Crippen LogP contribution in [0.5, 0.6) is 5.75 Å². The number of nitrogens with zero attached hydrogens (tertiary/aromatic N) is 2. The lowest BCUT2D eigenvalue weighted by Gasteiger charge is -2.33. The monoisotopic (exact) mass is 649 g/mol. The quantitative estimate of drug-likeness (QED) is 0.307. The Kier molecular flexibility index (Phi) is 10.3. The maximum Gasteiger partial charge on any atom is 0.264 e. The SMILES string of the molecule is COc1ccc(S(=O)(=O)N(CC(=O)N(Cc2cccc(Br)c2)[C@@H](C)C(=O)NC(C)(C)C)c2ccc(Cl)cc2)cc1. The number of ether oxygens (including phenoxy) is 1. The molecule has 3 aromatic carbocycles. The van der Waals surface area contributed by atoms with Gasteiger partial charge in [-0.1, -0.05) is 39.7 Å². The van der Waals surface area contributed by atoms with Crippen LogP contribution in [0.4, 0.5) is 5.69 Å². The molecule has 8 nitrogen and oxygen atoms in total. The van der Waals surface area contributed by atoms with Crippen LogP contribution in [-0.4, -0.2) is 50.4 Å². The summed E-state index contributed by atoms with van der Waals surface area (Å²) in [6.45, 7) is 6.72. The topological polar surface area (TPSA) is 96.0 Å². The van der Waals surface area contributed by atoms with E-state index in [9.17, 15) is 18.0 Å². The highest BCUT2D eigenvalue weighted by Crippen LogP contribution is 2.27. The van der Waals surface area contributed by atoms with E-state index in [4.69, 9.17) is 16.3 Å². The first-order valence-electron chi connectivity index (χ1n) is 12.5. The molecule has 214 valence electrons. The van der Waals surface area contributed by atoms with E-state index in [2.05, 4.69) is 21.2 Å². The van der Waals surface area contributed by atoms with Crippen LogP contribution in [0.15, 0.2) is 82.2 Å². The number of sulfonamides is 1. The standard InChI is InChI=1S/C29H33BrClN3O5S/c1-20(28(36)32-29(2,3)4)33(18-21-7-6-8-22(30)17-21)27(35)19-34(24-11-9-23(31)10-12-24)40(37,38)26-15-13-25(39-5)14-16-26/h6-17,20H,18-19H2,1-5H3,(H,32,36)/t20-/m0/s1. The van der Waals surface area contributed by atoms with Crippen molar-refractivity contribution in [2.45, 2.75) is 50.7 Å². The van der Waals surface area contributed by atoms with E-state index in [1.54, 1.807) is 19.1 Å². The summed E-state index contributed by atoms with van der Waals surface area (Å²) in [5, 5.41) is 3.33. The maximum absolute atomic E-state index is 14.0. The number of hydrogen-bond acceptors (Lipinski definition) is 5. The number of methoxy groups -OCH3 is 1. The van der Waals surface area contributed by atoms with Crippen LogP contribution in [0.25, 0.3) is 0 Å². The molecule has 0 aromatic heterocycles. The molecule has 3 aromatic rings. The van der Waals surface area contributed by atoms with Gasteiger partial charge >= 0.3 is 0 Å². The van der Waals surface area contributed by atoms with E-state index in [-0.39, 0.29) is 23.0 Å². The Labute approximate surface area is 249 Å². The van der Waals surface area contributed by atoms with Gasteiger partial charge in [0.1, 0.15) is 18.3 Å². The van der Waals surface area contributed by atoms with Crippen molar-refractivity contribution in [2.24, 2.45) is 0 Å². The van der Waals surface area contributed by atoms with Crippen LogP contribution >= 0.6 is 27.5 Å². The molecule has 0 saturated heterocycles. The number of hydrogen-bond donors (Lipinski definition) is 1. The fourth-order valence-electron chi connectivity index (χ4n) is 3.90. The van der Waals surface area contributed by atoms with E-state index in [0.29, 0.717) is 10.8 Å². The second kappa shape index (κ2) is 13.1. The van der Waals surface area contributed by atoms with Crippen LogP contribution in [0.3, 0.4) is 0 Å². The Morgan fingerprint density at radius 2 is 1.65 bits per heavy atom. The minimum Gasteiger partial charge on any atom is -0.497 e. The summed E-state index contributed by atoms with van der Waals surface area (Å²) in [5.74, 6) is -0.414. The molecule has 1 atom stereocenters. The smallest absolute Gasteiger partial charge is 0.264 e. The number of nitrogens with one attached hydrogen (secondary N) is 1. The number of benzene rings is 3. The van der Waals surface area contributed by atoms with Gasteiger partial charge < -0.3 is 15.0 Å². The molecule has 1 N–H and O–H groups in total. The zero-order valence-electron chi connectivity index (χ0n) is 23.0. The van der Waals surface area contributed by atoms with Crippen molar-refractivity contribution >= 4 is 55.1 Å². The molecule has 3 rings (SSSR count). The molecule has 0 bridgehead atoms. The van der Waals surface area contributed by atoms with Gasteiger partial charge in [0.2, 0.25) is 11.8 Å². The Bertz CT molecular complexity index is 1440. The lowest BCUT2D eigenvalue weighted by Crippen LogP contribution is -2.54. The van der Waals surface area contributed by atoms with Crippen molar-refractivity contribution < 1.29 is 22.7 Å². The van der Waals surface area contributed by atoms with E-state index < -0.39 is 34.1 Å². The van der Waals surface area contributed by atoms with E-state index in [1.165, 1.54) is 48.4 Å². The summed E-state index contributed by atoms with van der Waals surface area (Å²) in [6.07, 6.45) is 0. The second-order valence-corrected chi connectivity index (χ2v) is 13.4. The molecule has 0 radical (unpaired) electrons. The first-order chi connectivity index (χ1) is 18.7. The van der Waals surface area contributed by atoms with Gasteiger partial charge in [-0.15, -0.1) is 0 Å². The molecule has 11 heteroatoms. The van der Waals surface area contributed by atoms with E-state index in [0.717, 1.165) is 14.3 Å². The average molecular weight is 651 g/mol. The molecule has 0 aliphatic heterocycles. The van der Waals surface area contributed by atoms with Gasteiger partial charge in [-0.3, -0.25) is 13.9 Å². The maximum atomic E-state index is 14.0. The third-order valence-corrected chi connectivity index (χ3v) is 8.48. The zero-order chi connectivity index (χ0) is 29.7. The highest BCUT2D eigenvalue weighted by Gasteiger charge is 2.33. The van der Waals surface area contributed by atoms with Gasteiger partial charge in [-0.05, 0) is 93.9 Å². The van der Waals surface area contributed by atoms with Crippen molar-refractivity contribution in [2.75, 3.05) is 18.0 Å². The predicted octanol–water partition coefficient (Wildman–Crippen LogP) is 5.64. The van der Waals surface area contributed by atoms with Gasteiger partial charge in [0.15, 0.2) is 0 Å². The lowest BCUT2D eigenvalue weighted by atomic mass is 10.1. The number of anilines is 1. The molecule has 0 spiro atoms. The molecule has 0 saturated carbocycles. The second-order valence-electron chi connectivity index (χ2n) is 10.2. The number of carbonyl (C=O) groups is 2. The number of amides is 2. The Balaban J connectivity index is 2.03. The van der Waals surface area contributed by atoms with Crippen molar-refractivity contribution in [1.82, 2.24) is 10.2 Å². The zero-order valence-corrected chi connectivity index (χ0v) is 26.2. The van der Waals surface area contributed by atoms with Crippen molar-refractivity contribution in [3.8, 4) is 5.75 Å². The summed E-state index contributed by atoms with van der Waals surface area (Å²) >= 11 is 9.51. The lowest BCUT2D eigenvalue weighted by molar-refractivity contribution is -0.140. The van der Waals surface area contributed by atoms with Crippen LogP contribution in [0.2, 0.25) is 5.02 Å².